The Kier molecular flexibility index (Phi) is 7.63. The van der Waals surface area contributed by atoms with Crippen LogP contribution >= 0.6 is 0 Å². The highest BCUT2D eigenvalue weighted by atomic mass is 16.5. The molecule has 0 aliphatic carbocycles. The topological polar surface area (TPSA) is 108 Å². The number of para-hydroxylation sites is 1. The van der Waals surface area contributed by atoms with E-state index >= 15 is 0 Å². The van der Waals surface area contributed by atoms with Crippen LogP contribution in [0.25, 0.3) is 22.2 Å². The molecular weight excluding hydrogens is 474 g/mol. The lowest BCUT2D eigenvalue weighted by molar-refractivity contribution is 0.0600. The molecule has 1 N–H and O–H groups in total. The fourth-order valence-electron chi connectivity index (χ4n) is 3.79. The van der Waals surface area contributed by atoms with Crippen molar-refractivity contribution >= 4 is 29.0 Å². The summed E-state index contributed by atoms with van der Waals surface area (Å²) in [6, 6.07) is 19.2. The molecule has 188 valence electrons. The Morgan fingerprint density at radius 1 is 0.865 bits per heavy atom. The molecule has 9 nitrogen and oxygen atoms in total. The molecule has 0 atom stereocenters. The molecule has 1 heterocycles. The van der Waals surface area contributed by atoms with Gasteiger partial charge < -0.3 is 18.9 Å². The van der Waals surface area contributed by atoms with Gasteiger partial charge >= 0.3 is 5.97 Å². The van der Waals surface area contributed by atoms with E-state index in [0.717, 1.165) is 0 Å². The van der Waals surface area contributed by atoms with Gasteiger partial charge in [-0.05, 0) is 42.0 Å². The number of ether oxygens (including phenoxy) is 4. The van der Waals surface area contributed by atoms with Crippen LogP contribution in [-0.4, -0.2) is 51.5 Å². The quantitative estimate of drug-likeness (QED) is 0.216. The van der Waals surface area contributed by atoms with Crippen molar-refractivity contribution in [2.45, 2.75) is 0 Å². The minimum absolute atomic E-state index is 0.396. The lowest BCUT2D eigenvalue weighted by atomic mass is 10.0. The summed E-state index contributed by atoms with van der Waals surface area (Å²) in [5.74, 6) is 0.571. The molecule has 0 saturated carbocycles. The van der Waals surface area contributed by atoms with Crippen molar-refractivity contribution < 1.29 is 28.5 Å². The Morgan fingerprint density at radius 3 is 2.16 bits per heavy atom. The zero-order valence-corrected chi connectivity index (χ0v) is 20.8. The largest absolute Gasteiger partial charge is 0.493 e. The van der Waals surface area contributed by atoms with Crippen LogP contribution in [0, 0.1) is 0 Å². The lowest BCUT2D eigenvalue weighted by Gasteiger charge is -2.15. The van der Waals surface area contributed by atoms with Gasteiger partial charge in [0.1, 0.15) is 0 Å². The first kappa shape index (κ1) is 25.2. The number of nitrogens with zero attached hydrogens (tertiary/aromatic N) is 2. The van der Waals surface area contributed by atoms with E-state index in [4.69, 9.17) is 23.9 Å². The zero-order valence-electron chi connectivity index (χ0n) is 20.8. The van der Waals surface area contributed by atoms with Gasteiger partial charge in [0, 0.05) is 10.9 Å². The minimum Gasteiger partial charge on any atom is -0.493 e. The molecule has 0 spiro atoms. The second kappa shape index (κ2) is 11.2. The lowest BCUT2D eigenvalue weighted by Crippen LogP contribution is -2.18. The second-order valence-corrected chi connectivity index (χ2v) is 7.80. The Labute approximate surface area is 213 Å². The van der Waals surface area contributed by atoms with Crippen LogP contribution in [-0.2, 0) is 4.74 Å². The Hall–Kier alpha value is -4.92. The monoisotopic (exact) mass is 499 g/mol. The number of hydrazone groups is 1. The Bertz CT molecular complexity index is 1460. The van der Waals surface area contributed by atoms with Gasteiger partial charge in [0.05, 0.1) is 57.0 Å². The van der Waals surface area contributed by atoms with Crippen molar-refractivity contribution in [3.05, 3.63) is 83.4 Å². The maximum absolute atomic E-state index is 13.2. The van der Waals surface area contributed by atoms with E-state index in [-0.39, 0.29) is 0 Å². The van der Waals surface area contributed by atoms with Gasteiger partial charge in [-0.3, -0.25) is 4.79 Å². The van der Waals surface area contributed by atoms with Crippen molar-refractivity contribution in [1.82, 2.24) is 10.4 Å². The van der Waals surface area contributed by atoms with Gasteiger partial charge in [-0.2, -0.15) is 5.10 Å². The number of pyridine rings is 1. The number of nitrogens with one attached hydrogen (secondary N) is 1. The summed E-state index contributed by atoms with van der Waals surface area (Å²) in [6.07, 6.45) is 1.49. The van der Waals surface area contributed by atoms with E-state index < -0.39 is 11.9 Å². The predicted octanol–water partition coefficient (Wildman–Crippen LogP) is 4.48. The first-order valence-electron chi connectivity index (χ1n) is 11.2. The molecular formula is C28H25N3O6. The number of hydrogen-bond acceptors (Lipinski definition) is 8. The third kappa shape index (κ3) is 5.35. The minimum atomic E-state index is -0.427. The molecule has 4 aromatic rings. The van der Waals surface area contributed by atoms with E-state index in [0.29, 0.717) is 56.1 Å². The summed E-state index contributed by atoms with van der Waals surface area (Å²) in [4.78, 5) is 29.5. The van der Waals surface area contributed by atoms with E-state index in [1.54, 1.807) is 42.5 Å². The average molecular weight is 500 g/mol. The molecule has 3 aromatic carbocycles. The van der Waals surface area contributed by atoms with Gasteiger partial charge in [-0.25, -0.2) is 15.2 Å². The SMILES string of the molecule is COC(=O)c1ccc(/C=N/NC(=O)c2cc(-c3cc(OC)c(OC)c(OC)c3)nc3ccccc23)cc1. The molecule has 0 bridgehead atoms. The average Bonchev–Trinajstić information content (AvgIpc) is 2.95. The number of aromatic nitrogens is 1. The van der Waals surface area contributed by atoms with Crippen molar-refractivity contribution in [1.29, 1.82) is 0 Å². The number of rotatable bonds is 8. The van der Waals surface area contributed by atoms with E-state index in [1.807, 2.05) is 24.3 Å². The number of carbonyl (C=O) groups is 2. The summed E-state index contributed by atoms with van der Waals surface area (Å²) in [5, 5.41) is 4.76. The molecule has 0 aliphatic heterocycles. The Balaban J connectivity index is 1.67. The second-order valence-electron chi connectivity index (χ2n) is 7.80. The molecule has 0 saturated heterocycles. The normalized spacial score (nSPS) is 10.8. The first-order valence-corrected chi connectivity index (χ1v) is 11.2. The number of carbonyl (C=O) groups excluding carboxylic acids is 2. The van der Waals surface area contributed by atoms with Crippen molar-refractivity contribution in [3.8, 4) is 28.5 Å². The van der Waals surface area contributed by atoms with Crippen LogP contribution in [0.1, 0.15) is 26.3 Å². The highest BCUT2D eigenvalue weighted by Gasteiger charge is 2.18. The molecule has 9 heteroatoms. The molecule has 1 aromatic heterocycles. The third-order valence-electron chi connectivity index (χ3n) is 5.63. The summed E-state index contributed by atoms with van der Waals surface area (Å²) >= 11 is 0. The Morgan fingerprint density at radius 2 is 1.54 bits per heavy atom. The molecule has 0 aliphatic rings. The van der Waals surface area contributed by atoms with Crippen LogP contribution in [0.15, 0.2) is 71.8 Å². The van der Waals surface area contributed by atoms with E-state index in [2.05, 4.69) is 10.5 Å². The molecule has 37 heavy (non-hydrogen) atoms. The van der Waals surface area contributed by atoms with Crippen LogP contribution < -0.4 is 19.6 Å². The highest BCUT2D eigenvalue weighted by molar-refractivity contribution is 6.07. The van der Waals surface area contributed by atoms with Gasteiger partial charge in [0.15, 0.2) is 11.5 Å². The summed E-state index contributed by atoms with van der Waals surface area (Å²) < 4.78 is 21.1. The van der Waals surface area contributed by atoms with Crippen LogP contribution in [0.2, 0.25) is 0 Å². The fourth-order valence-corrected chi connectivity index (χ4v) is 3.79. The smallest absolute Gasteiger partial charge is 0.337 e. The van der Waals surface area contributed by atoms with Crippen LogP contribution in [0.4, 0.5) is 0 Å². The van der Waals surface area contributed by atoms with Crippen LogP contribution in [0.5, 0.6) is 17.2 Å². The number of methoxy groups -OCH3 is 4. The molecule has 0 fully saturated rings. The standard InChI is InChI=1S/C28H25N3O6/c1-34-24-13-19(14-25(35-2)26(24)36-3)23-15-21(20-7-5-6-8-22(20)30-23)27(32)31-29-16-17-9-11-18(12-10-17)28(33)37-4/h5-16H,1-4H3,(H,31,32)/b29-16+. The van der Waals surface area contributed by atoms with Gasteiger partial charge in [0.25, 0.3) is 5.91 Å². The van der Waals surface area contributed by atoms with Crippen molar-refractivity contribution in [2.75, 3.05) is 28.4 Å². The highest BCUT2D eigenvalue weighted by Crippen LogP contribution is 2.41. The molecule has 0 unspecified atom stereocenters. The number of esters is 1. The van der Waals surface area contributed by atoms with Gasteiger partial charge in [-0.1, -0.05) is 30.3 Å². The third-order valence-corrected chi connectivity index (χ3v) is 5.63. The number of fused-ring (bicyclic) bond motifs is 1. The fraction of sp³-hybridized carbons (Fsp3) is 0.143. The molecule has 1 amide bonds. The predicted molar refractivity (Wildman–Crippen MR) is 140 cm³/mol. The number of benzene rings is 3. The maximum Gasteiger partial charge on any atom is 0.337 e. The molecule has 0 radical (unpaired) electrons. The summed E-state index contributed by atoms with van der Waals surface area (Å²) in [7, 11) is 5.93. The van der Waals surface area contributed by atoms with E-state index in [9.17, 15) is 9.59 Å². The zero-order chi connectivity index (χ0) is 26.4. The number of hydrogen-bond donors (Lipinski definition) is 1. The van der Waals surface area contributed by atoms with Crippen molar-refractivity contribution in [2.24, 2.45) is 5.10 Å². The van der Waals surface area contributed by atoms with Crippen molar-refractivity contribution in [3.63, 3.8) is 0 Å². The summed E-state index contributed by atoms with van der Waals surface area (Å²) in [5.41, 5.74) is 5.96. The summed E-state index contributed by atoms with van der Waals surface area (Å²) in [6.45, 7) is 0. The molecule has 4 rings (SSSR count). The van der Waals surface area contributed by atoms with Crippen LogP contribution in [0.3, 0.4) is 0 Å². The van der Waals surface area contributed by atoms with Gasteiger partial charge in [0.2, 0.25) is 5.75 Å². The van der Waals surface area contributed by atoms with E-state index in [1.165, 1.54) is 34.7 Å². The van der Waals surface area contributed by atoms with Gasteiger partial charge in [-0.15, -0.1) is 0 Å². The maximum atomic E-state index is 13.2. The first-order chi connectivity index (χ1) is 18.0. The number of amides is 1.